The van der Waals surface area contributed by atoms with Crippen LogP contribution in [0.15, 0.2) is 63.6 Å². The number of nitrogens with zero attached hydrogens (tertiary/aromatic N) is 3. The van der Waals surface area contributed by atoms with Crippen LogP contribution in [0.25, 0.3) is 20.8 Å². The maximum absolute atomic E-state index is 11.6. The summed E-state index contributed by atoms with van der Waals surface area (Å²) in [4.78, 5) is 16.2. The maximum atomic E-state index is 11.6. The second kappa shape index (κ2) is 5.86. The summed E-state index contributed by atoms with van der Waals surface area (Å²) in [7, 11) is 0. The lowest BCUT2D eigenvalue weighted by Gasteiger charge is -1.97. The second-order valence-electron chi connectivity index (χ2n) is 5.29. The molecule has 0 amide bonds. The molecule has 4 aromatic rings. The SMILES string of the molecule is Cc1[nH][nH]c(=O)c1N=Nc1cccc(-c2nc3ccccc3s2)c1. The Labute approximate surface area is 140 Å². The Morgan fingerprint density at radius 1 is 1.04 bits per heavy atom. The zero-order valence-electron chi connectivity index (χ0n) is 12.8. The van der Waals surface area contributed by atoms with Gasteiger partial charge in [0.1, 0.15) is 5.01 Å². The summed E-state index contributed by atoms with van der Waals surface area (Å²) in [5.41, 5.74) is 3.31. The molecule has 0 bridgehead atoms. The summed E-state index contributed by atoms with van der Waals surface area (Å²) in [6, 6.07) is 15.7. The minimum atomic E-state index is -0.279. The minimum absolute atomic E-state index is 0.279. The van der Waals surface area contributed by atoms with Crippen LogP contribution in [-0.4, -0.2) is 15.2 Å². The van der Waals surface area contributed by atoms with Crippen LogP contribution in [0, 0.1) is 6.92 Å². The van der Waals surface area contributed by atoms with Crippen LogP contribution >= 0.6 is 11.3 Å². The number of aromatic nitrogens is 3. The molecule has 6 nitrogen and oxygen atoms in total. The molecule has 2 N–H and O–H groups in total. The Kier molecular flexibility index (Phi) is 3.55. The predicted molar refractivity (Wildman–Crippen MR) is 95.4 cm³/mol. The Morgan fingerprint density at radius 2 is 1.92 bits per heavy atom. The summed E-state index contributed by atoms with van der Waals surface area (Å²) in [6.07, 6.45) is 0. The minimum Gasteiger partial charge on any atom is -0.300 e. The fourth-order valence-corrected chi connectivity index (χ4v) is 3.33. The number of thiazole rings is 1. The van der Waals surface area contributed by atoms with Gasteiger partial charge in [0.25, 0.3) is 5.56 Å². The largest absolute Gasteiger partial charge is 0.300 e. The lowest BCUT2D eigenvalue weighted by molar-refractivity contribution is 1.02. The summed E-state index contributed by atoms with van der Waals surface area (Å²) in [5.74, 6) is 0. The van der Waals surface area contributed by atoms with Crippen molar-refractivity contribution in [2.24, 2.45) is 10.2 Å². The molecule has 0 atom stereocenters. The molecule has 2 aromatic heterocycles. The zero-order valence-corrected chi connectivity index (χ0v) is 13.6. The van der Waals surface area contributed by atoms with Gasteiger partial charge in [-0.1, -0.05) is 24.3 Å². The smallest absolute Gasteiger partial charge is 0.291 e. The van der Waals surface area contributed by atoms with E-state index in [9.17, 15) is 4.79 Å². The highest BCUT2D eigenvalue weighted by atomic mass is 32.1. The summed E-state index contributed by atoms with van der Waals surface area (Å²) in [5, 5.41) is 14.4. The van der Waals surface area contributed by atoms with Crippen LogP contribution in [0.1, 0.15) is 5.69 Å². The molecule has 0 aliphatic rings. The first-order chi connectivity index (χ1) is 11.7. The van der Waals surface area contributed by atoms with Gasteiger partial charge in [0.15, 0.2) is 5.69 Å². The van der Waals surface area contributed by atoms with E-state index >= 15 is 0 Å². The maximum Gasteiger partial charge on any atom is 0.291 e. The van der Waals surface area contributed by atoms with E-state index in [1.165, 1.54) is 0 Å². The molecule has 0 aliphatic heterocycles. The Bertz CT molecular complexity index is 1070. The molecule has 0 fully saturated rings. The van der Waals surface area contributed by atoms with Gasteiger partial charge in [0.2, 0.25) is 0 Å². The topological polar surface area (TPSA) is 86.3 Å². The van der Waals surface area contributed by atoms with Crippen molar-refractivity contribution in [1.29, 1.82) is 0 Å². The van der Waals surface area contributed by atoms with Gasteiger partial charge in [-0.25, -0.2) is 4.98 Å². The van der Waals surface area contributed by atoms with E-state index in [0.717, 1.165) is 20.8 Å². The quantitative estimate of drug-likeness (QED) is 0.531. The highest BCUT2D eigenvalue weighted by Crippen LogP contribution is 2.32. The normalized spacial score (nSPS) is 11.5. The van der Waals surface area contributed by atoms with Crippen LogP contribution in [0.4, 0.5) is 11.4 Å². The fraction of sp³-hybridized carbons (Fsp3) is 0.0588. The number of azo groups is 1. The van der Waals surface area contributed by atoms with E-state index in [1.807, 2.05) is 42.5 Å². The van der Waals surface area contributed by atoms with Gasteiger partial charge < -0.3 is 5.10 Å². The van der Waals surface area contributed by atoms with Gasteiger partial charge in [0, 0.05) is 5.56 Å². The zero-order chi connectivity index (χ0) is 16.5. The van der Waals surface area contributed by atoms with Crippen molar-refractivity contribution in [3.63, 3.8) is 0 Å². The molecular formula is C17H13N5OS. The third-order valence-electron chi connectivity index (χ3n) is 3.59. The molecule has 24 heavy (non-hydrogen) atoms. The first kappa shape index (κ1) is 14.5. The molecule has 0 radical (unpaired) electrons. The average molecular weight is 335 g/mol. The van der Waals surface area contributed by atoms with Gasteiger partial charge in [-0.05, 0) is 31.2 Å². The monoisotopic (exact) mass is 335 g/mol. The standard InChI is InChI=1S/C17H13N5OS/c1-10-15(16(23)22-19-10)21-20-12-6-4-5-11(9-12)17-18-13-7-2-3-8-14(13)24-17/h2-9H,1H3,(H2,19,22,23). The number of H-pyrrole nitrogens is 2. The number of aromatic amines is 2. The Morgan fingerprint density at radius 3 is 2.71 bits per heavy atom. The number of hydrogen-bond donors (Lipinski definition) is 2. The predicted octanol–water partition coefficient (Wildman–Crippen LogP) is 4.70. The van der Waals surface area contributed by atoms with E-state index in [1.54, 1.807) is 18.3 Å². The van der Waals surface area contributed by atoms with Crippen LogP contribution in [-0.2, 0) is 0 Å². The van der Waals surface area contributed by atoms with Crippen molar-refractivity contribution in [2.75, 3.05) is 0 Å². The van der Waals surface area contributed by atoms with E-state index in [2.05, 4.69) is 31.5 Å². The first-order valence-corrected chi connectivity index (χ1v) is 8.17. The number of para-hydroxylation sites is 1. The van der Waals surface area contributed by atoms with Crippen LogP contribution in [0.3, 0.4) is 0 Å². The van der Waals surface area contributed by atoms with Gasteiger partial charge in [-0.2, -0.15) is 5.11 Å². The fourth-order valence-electron chi connectivity index (χ4n) is 2.36. The third kappa shape index (κ3) is 2.65. The summed E-state index contributed by atoms with van der Waals surface area (Å²) >= 11 is 1.64. The van der Waals surface area contributed by atoms with Gasteiger partial charge in [0.05, 0.1) is 21.6 Å². The number of fused-ring (bicyclic) bond motifs is 1. The molecule has 7 heteroatoms. The number of aryl methyl sites for hydroxylation is 1. The molecule has 2 heterocycles. The van der Waals surface area contributed by atoms with Crippen LogP contribution in [0.2, 0.25) is 0 Å². The molecule has 0 spiro atoms. The number of rotatable bonds is 3. The van der Waals surface area contributed by atoms with Crippen molar-refractivity contribution in [3.8, 4) is 10.6 Å². The van der Waals surface area contributed by atoms with Crippen molar-refractivity contribution in [2.45, 2.75) is 6.92 Å². The third-order valence-corrected chi connectivity index (χ3v) is 4.67. The number of nitrogens with one attached hydrogen (secondary N) is 2. The lowest BCUT2D eigenvalue weighted by atomic mass is 10.2. The van der Waals surface area contributed by atoms with Crippen molar-refractivity contribution in [1.82, 2.24) is 15.2 Å². The van der Waals surface area contributed by atoms with E-state index in [-0.39, 0.29) is 5.56 Å². The molecule has 0 aliphatic carbocycles. The molecule has 0 unspecified atom stereocenters. The highest BCUT2D eigenvalue weighted by molar-refractivity contribution is 7.21. The lowest BCUT2D eigenvalue weighted by Crippen LogP contribution is -1.96. The Hall–Kier alpha value is -3.06. The van der Waals surface area contributed by atoms with Gasteiger partial charge in [-0.3, -0.25) is 9.89 Å². The van der Waals surface area contributed by atoms with Crippen molar-refractivity contribution >= 4 is 32.9 Å². The first-order valence-electron chi connectivity index (χ1n) is 7.36. The molecule has 4 rings (SSSR count). The van der Waals surface area contributed by atoms with E-state index in [0.29, 0.717) is 17.1 Å². The second-order valence-corrected chi connectivity index (χ2v) is 6.32. The van der Waals surface area contributed by atoms with Crippen LogP contribution in [0.5, 0.6) is 0 Å². The summed E-state index contributed by atoms with van der Waals surface area (Å²) < 4.78 is 1.15. The molecule has 118 valence electrons. The highest BCUT2D eigenvalue weighted by Gasteiger charge is 2.07. The molecular weight excluding hydrogens is 322 g/mol. The van der Waals surface area contributed by atoms with Gasteiger partial charge in [-0.15, -0.1) is 16.5 Å². The average Bonchev–Trinajstić information content (AvgIpc) is 3.17. The summed E-state index contributed by atoms with van der Waals surface area (Å²) in [6.45, 7) is 1.77. The molecule has 0 saturated heterocycles. The number of hydrogen-bond acceptors (Lipinski definition) is 5. The van der Waals surface area contributed by atoms with Crippen LogP contribution < -0.4 is 5.56 Å². The van der Waals surface area contributed by atoms with Crippen molar-refractivity contribution in [3.05, 3.63) is 64.6 Å². The Balaban J connectivity index is 1.70. The van der Waals surface area contributed by atoms with Gasteiger partial charge >= 0.3 is 0 Å². The molecule has 2 aromatic carbocycles. The van der Waals surface area contributed by atoms with E-state index < -0.39 is 0 Å². The molecule has 0 saturated carbocycles. The number of benzene rings is 2. The van der Waals surface area contributed by atoms with Crippen molar-refractivity contribution < 1.29 is 0 Å². The van der Waals surface area contributed by atoms with E-state index in [4.69, 9.17) is 0 Å².